The first-order valence-corrected chi connectivity index (χ1v) is 6.66. The summed E-state index contributed by atoms with van der Waals surface area (Å²) in [5.74, 6) is -0.0853. The van der Waals surface area contributed by atoms with Crippen molar-refractivity contribution in [3.05, 3.63) is 0 Å². The largest absolute Gasteiger partial charge is 0.341 e. The summed E-state index contributed by atoms with van der Waals surface area (Å²) in [6, 6.07) is 2.05. The molecule has 0 heterocycles. The smallest absolute Gasteiger partial charge is 0.237 e. The van der Waals surface area contributed by atoms with Gasteiger partial charge in [0.05, 0.1) is 12.5 Å². The second-order valence-electron chi connectivity index (χ2n) is 3.80. The fourth-order valence-corrected chi connectivity index (χ4v) is 1.82. The molecule has 0 atom stereocenters. The number of carbonyl (C=O) groups excluding carboxylic acids is 1. The van der Waals surface area contributed by atoms with Crippen molar-refractivity contribution in [3.63, 3.8) is 0 Å². The Morgan fingerprint density at radius 1 is 1.24 bits per heavy atom. The lowest BCUT2D eigenvalue weighted by Gasteiger charge is -2.23. The number of nitriles is 1. The fraction of sp³-hybridized carbons (Fsp3) is 0.833. The van der Waals surface area contributed by atoms with Crippen LogP contribution in [-0.4, -0.2) is 54.3 Å². The lowest BCUT2D eigenvalue weighted by atomic mass is 10.3. The molecule has 0 saturated carbocycles. The molecule has 0 aliphatic rings. The Bertz CT molecular complexity index is 249. The second kappa shape index (κ2) is 10.4. The van der Waals surface area contributed by atoms with E-state index in [9.17, 15) is 4.79 Å². The van der Waals surface area contributed by atoms with Crippen LogP contribution in [0.25, 0.3) is 0 Å². The van der Waals surface area contributed by atoms with E-state index < -0.39 is 0 Å². The minimum atomic E-state index is -0.0820. The summed E-state index contributed by atoms with van der Waals surface area (Å²) in [5.41, 5.74) is 0. The molecule has 5 heteroatoms. The zero-order chi connectivity index (χ0) is 13.1. The van der Waals surface area contributed by atoms with Gasteiger partial charge in [0, 0.05) is 13.1 Å². The number of hydrogen-bond donors (Lipinski definition) is 0. The van der Waals surface area contributed by atoms with E-state index in [1.165, 1.54) is 0 Å². The van der Waals surface area contributed by atoms with Crippen molar-refractivity contribution in [1.29, 1.82) is 5.26 Å². The van der Waals surface area contributed by atoms with Gasteiger partial charge in [0.2, 0.25) is 5.91 Å². The molecule has 0 aliphatic carbocycles. The van der Waals surface area contributed by atoms with Crippen molar-refractivity contribution < 1.29 is 4.79 Å². The van der Waals surface area contributed by atoms with Crippen LogP contribution in [0.15, 0.2) is 0 Å². The molecule has 0 radical (unpaired) electrons. The van der Waals surface area contributed by atoms with Crippen LogP contribution in [0.3, 0.4) is 0 Å². The number of alkyl halides is 1. The first-order valence-electron chi connectivity index (χ1n) is 6.12. The third kappa shape index (κ3) is 7.19. The Balaban J connectivity index is 3.99. The lowest BCUT2D eigenvalue weighted by Crippen LogP contribution is -2.35. The minimum absolute atomic E-state index is 0.00328. The summed E-state index contributed by atoms with van der Waals surface area (Å²) >= 11 is 5.54. The van der Waals surface area contributed by atoms with Gasteiger partial charge in [-0.25, -0.2) is 0 Å². The first kappa shape index (κ1) is 16.2. The third-order valence-corrected chi connectivity index (χ3v) is 2.99. The molecule has 0 unspecified atom stereocenters. The predicted molar refractivity (Wildman–Crippen MR) is 69.9 cm³/mol. The Hall–Kier alpha value is -0.790. The zero-order valence-electron chi connectivity index (χ0n) is 10.8. The van der Waals surface area contributed by atoms with Crippen LogP contribution in [0.5, 0.6) is 0 Å². The van der Waals surface area contributed by atoms with E-state index in [2.05, 4.69) is 24.8 Å². The SMILES string of the molecule is CCN(CC)CCCN(CCC#N)C(=O)CCl. The molecule has 0 N–H and O–H groups in total. The Morgan fingerprint density at radius 3 is 2.35 bits per heavy atom. The van der Waals surface area contributed by atoms with Crippen LogP contribution in [0.2, 0.25) is 0 Å². The Morgan fingerprint density at radius 2 is 1.88 bits per heavy atom. The minimum Gasteiger partial charge on any atom is -0.341 e. The van der Waals surface area contributed by atoms with Crippen LogP contribution in [-0.2, 0) is 4.79 Å². The molecule has 0 fully saturated rings. The van der Waals surface area contributed by atoms with E-state index in [1.54, 1.807) is 4.90 Å². The Kier molecular flexibility index (Phi) is 9.89. The van der Waals surface area contributed by atoms with Crippen LogP contribution in [0, 0.1) is 11.3 Å². The van der Waals surface area contributed by atoms with Gasteiger partial charge in [0.25, 0.3) is 0 Å². The molecule has 0 saturated heterocycles. The molecule has 1 amide bonds. The fourth-order valence-electron chi connectivity index (χ4n) is 1.66. The maximum absolute atomic E-state index is 11.5. The van der Waals surface area contributed by atoms with Crippen molar-refractivity contribution in [1.82, 2.24) is 9.80 Å². The number of carbonyl (C=O) groups is 1. The normalized spacial score (nSPS) is 10.3. The maximum atomic E-state index is 11.5. The second-order valence-corrected chi connectivity index (χ2v) is 4.07. The van der Waals surface area contributed by atoms with E-state index in [-0.39, 0.29) is 11.8 Å². The van der Waals surface area contributed by atoms with Gasteiger partial charge in [-0.05, 0) is 26.1 Å². The standard InChI is InChI=1S/C12H22ClN3O/c1-3-15(4-2)8-6-10-16(9-5-7-14)12(17)11-13/h3-6,8-11H2,1-2H3. The van der Waals surface area contributed by atoms with Gasteiger partial charge in [-0.1, -0.05) is 13.8 Å². The molecule has 0 aromatic heterocycles. The van der Waals surface area contributed by atoms with E-state index in [0.29, 0.717) is 19.5 Å². The van der Waals surface area contributed by atoms with Gasteiger partial charge in [0.15, 0.2) is 0 Å². The van der Waals surface area contributed by atoms with Crippen LogP contribution in [0.1, 0.15) is 26.7 Å². The highest BCUT2D eigenvalue weighted by atomic mass is 35.5. The summed E-state index contributed by atoms with van der Waals surface area (Å²) in [7, 11) is 0. The monoisotopic (exact) mass is 259 g/mol. The number of halogens is 1. The predicted octanol–water partition coefficient (Wildman–Crippen LogP) is 1.70. The Labute approximate surface area is 109 Å². The van der Waals surface area contributed by atoms with Gasteiger partial charge in [-0.2, -0.15) is 5.26 Å². The molecular weight excluding hydrogens is 238 g/mol. The van der Waals surface area contributed by atoms with E-state index in [0.717, 1.165) is 26.1 Å². The molecule has 0 aromatic carbocycles. The van der Waals surface area contributed by atoms with Gasteiger partial charge in [-0.3, -0.25) is 4.79 Å². The number of rotatable bonds is 9. The molecule has 0 spiro atoms. The molecule has 0 aromatic rings. The van der Waals surface area contributed by atoms with Gasteiger partial charge >= 0.3 is 0 Å². The van der Waals surface area contributed by atoms with Crippen LogP contribution >= 0.6 is 11.6 Å². The molecule has 0 bridgehead atoms. The van der Waals surface area contributed by atoms with E-state index in [1.807, 2.05) is 0 Å². The summed E-state index contributed by atoms with van der Waals surface area (Å²) in [5, 5.41) is 8.53. The number of amides is 1. The maximum Gasteiger partial charge on any atom is 0.237 e. The quantitative estimate of drug-likeness (QED) is 0.592. The number of nitrogens with zero attached hydrogens (tertiary/aromatic N) is 3. The van der Waals surface area contributed by atoms with Crippen molar-refractivity contribution in [3.8, 4) is 6.07 Å². The van der Waals surface area contributed by atoms with Gasteiger partial charge in [-0.15, -0.1) is 11.6 Å². The average Bonchev–Trinajstić information content (AvgIpc) is 2.37. The van der Waals surface area contributed by atoms with E-state index >= 15 is 0 Å². The van der Waals surface area contributed by atoms with Gasteiger partial charge in [0.1, 0.15) is 5.88 Å². The first-order chi connectivity index (χ1) is 8.19. The highest BCUT2D eigenvalue weighted by Crippen LogP contribution is 1.99. The molecule has 0 aliphatic heterocycles. The summed E-state index contributed by atoms with van der Waals surface area (Å²) in [4.78, 5) is 15.5. The number of hydrogen-bond acceptors (Lipinski definition) is 3. The zero-order valence-corrected chi connectivity index (χ0v) is 11.5. The van der Waals surface area contributed by atoms with Gasteiger partial charge < -0.3 is 9.80 Å². The topological polar surface area (TPSA) is 47.3 Å². The molecule has 17 heavy (non-hydrogen) atoms. The molecule has 4 nitrogen and oxygen atoms in total. The lowest BCUT2D eigenvalue weighted by molar-refractivity contribution is -0.128. The third-order valence-electron chi connectivity index (χ3n) is 2.76. The van der Waals surface area contributed by atoms with Crippen molar-refractivity contribution in [2.75, 3.05) is 38.6 Å². The highest BCUT2D eigenvalue weighted by molar-refractivity contribution is 6.27. The van der Waals surface area contributed by atoms with Crippen molar-refractivity contribution in [2.45, 2.75) is 26.7 Å². The molecule has 0 rings (SSSR count). The highest BCUT2D eigenvalue weighted by Gasteiger charge is 2.11. The molecular formula is C12H22ClN3O. The van der Waals surface area contributed by atoms with Crippen molar-refractivity contribution in [2.24, 2.45) is 0 Å². The molecule has 98 valence electrons. The summed E-state index contributed by atoms with van der Waals surface area (Å²) in [6.07, 6.45) is 1.30. The van der Waals surface area contributed by atoms with E-state index in [4.69, 9.17) is 16.9 Å². The van der Waals surface area contributed by atoms with Crippen LogP contribution in [0.4, 0.5) is 0 Å². The van der Waals surface area contributed by atoms with Crippen LogP contribution < -0.4 is 0 Å². The summed E-state index contributed by atoms with van der Waals surface area (Å²) in [6.45, 7) is 8.45. The average molecular weight is 260 g/mol. The summed E-state index contributed by atoms with van der Waals surface area (Å²) < 4.78 is 0. The van der Waals surface area contributed by atoms with Crippen molar-refractivity contribution >= 4 is 17.5 Å².